The van der Waals surface area contributed by atoms with E-state index in [-0.39, 0.29) is 0 Å². The summed E-state index contributed by atoms with van der Waals surface area (Å²) >= 11 is 0. The van der Waals surface area contributed by atoms with Crippen LogP contribution in [0.5, 0.6) is 0 Å². The van der Waals surface area contributed by atoms with Crippen molar-refractivity contribution >= 4 is 0 Å². The molecule has 2 atom stereocenters. The monoisotopic (exact) mass is 163 g/mol. The standard InChI is InChI=1S/C10H13NO/c1-7-8-5-3-4-6-9(8)10(12)11(7)2/h3-7,10,12H,1-2H3. The van der Waals surface area contributed by atoms with E-state index in [1.807, 2.05) is 30.1 Å². The summed E-state index contributed by atoms with van der Waals surface area (Å²) in [5.74, 6) is 0. The van der Waals surface area contributed by atoms with Crippen LogP contribution < -0.4 is 0 Å². The third-order valence-electron chi connectivity index (χ3n) is 2.72. The molecule has 0 radical (unpaired) electrons. The summed E-state index contributed by atoms with van der Waals surface area (Å²) in [5, 5.41) is 9.75. The summed E-state index contributed by atoms with van der Waals surface area (Å²) in [5.41, 5.74) is 2.29. The number of fused-ring (bicyclic) bond motifs is 1. The maximum absolute atomic E-state index is 9.75. The van der Waals surface area contributed by atoms with Crippen LogP contribution in [-0.2, 0) is 0 Å². The van der Waals surface area contributed by atoms with Crippen molar-refractivity contribution in [1.29, 1.82) is 0 Å². The van der Waals surface area contributed by atoms with Gasteiger partial charge in [0.2, 0.25) is 0 Å². The molecule has 1 N–H and O–H groups in total. The van der Waals surface area contributed by atoms with Crippen molar-refractivity contribution in [3.05, 3.63) is 35.4 Å². The highest BCUT2D eigenvalue weighted by Gasteiger charge is 2.30. The van der Waals surface area contributed by atoms with Gasteiger partial charge in [-0.3, -0.25) is 4.90 Å². The van der Waals surface area contributed by atoms with Crippen molar-refractivity contribution in [2.45, 2.75) is 19.2 Å². The van der Waals surface area contributed by atoms with Crippen molar-refractivity contribution in [2.24, 2.45) is 0 Å². The Labute approximate surface area is 72.4 Å². The van der Waals surface area contributed by atoms with E-state index in [9.17, 15) is 5.11 Å². The van der Waals surface area contributed by atoms with Crippen molar-refractivity contribution in [3.8, 4) is 0 Å². The molecule has 1 heterocycles. The van der Waals surface area contributed by atoms with Gasteiger partial charge in [0.15, 0.2) is 0 Å². The fraction of sp³-hybridized carbons (Fsp3) is 0.400. The molecule has 2 nitrogen and oxygen atoms in total. The smallest absolute Gasteiger partial charge is 0.134 e. The fourth-order valence-corrected chi connectivity index (χ4v) is 1.78. The van der Waals surface area contributed by atoms with Crippen LogP contribution in [0.3, 0.4) is 0 Å². The lowest BCUT2D eigenvalue weighted by molar-refractivity contribution is 0.0168. The zero-order chi connectivity index (χ0) is 8.72. The minimum Gasteiger partial charge on any atom is -0.374 e. The summed E-state index contributed by atoms with van der Waals surface area (Å²) in [7, 11) is 1.94. The van der Waals surface area contributed by atoms with E-state index < -0.39 is 6.23 Å². The van der Waals surface area contributed by atoms with Crippen molar-refractivity contribution in [3.63, 3.8) is 0 Å². The molecule has 0 saturated carbocycles. The number of aliphatic hydroxyl groups excluding tert-OH is 1. The minimum atomic E-state index is -0.420. The number of hydrogen-bond acceptors (Lipinski definition) is 2. The van der Waals surface area contributed by atoms with Crippen molar-refractivity contribution in [1.82, 2.24) is 4.90 Å². The maximum Gasteiger partial charge on any atom is 0.134 e. The van der Waals surface area contributed by atoms with Crippen LogP contribution in [0, 0.1) is 0 Å². The van der Waals surface area contributed by atoms with Crippen molar-refractivity contribution < 1.29 is 5.11 Å². The van der Waals surface area contributed by atoms with E-state index in [1.165, 1.54) is 5.56 Å². The first kappa shape index (κ1) is 7.77. The average molecular weight is 163 g/mol. The second-order valence-corrected chi connectivity index (χ2v) is 3.34. The topological polar surface area (TPSA) is 23.5 Å². The predicted octanol–water partition coefficient (Wildman–Crippen LogP) is 1.68. The highest BCUT2D eigenvalue weighted by Crippen LogP contribution is 2.38. The Morgan fingerprint density at radius 3 is 2.42 bits per heavy atom. The van der Waals surface area contributed by atoms with Gasteiger partial charge < -0.3 is 5.11 Å². The molecule has 0 fully saturated rings. The van der Waals surface area contributed by atoms with Gasteiger partial charge in [-0.15, -0.1) is 0 Å². The Hall–Kier alpha value is -0.860. The normalized spacial score (nSPS) is 28.9. The van der Waals surface area contributed by atoms with Crippen LogP contribution in [0.4, 0.5) is 0 Å². The Kier molecular flexibility index (Phi) is 1.67. The zero-order valence-electron chi connectivity index (χ0n) is 7.36. The summed E-state index contributed by atoms with van der Waals surface area (Å²) in [6.45, 7) is 2.11. The molecule has 0 spiro atoms. The van der Waals surface area contributed by atoms with Gasteiger partial charge in [-0.2, -0.15) is 0 Å². The van der Waals surface area contributed by atoms with E-state index in [0.29, 0.717) is 6.04 Å². The number of hydrogen-bond donors (Lipinski definition) is 1. The van der Waals surface area contributed by atoms with Gasteiger partial charge in [0.25, 0.3) is 0 Å². The summed E-state index contributed by atoms with van der Waals surface area (Å²) < 4.78 is 0. The lowest BCUT2D eigenvalue weighted by atomic mass is 10.1. The number of benzene rings is 1. The van der Waals surface area contributed by atoms with Gasteiger partial charge in [0.1, 0.15) is 6.23 Å². The Balaban J connectivity index is 2.52. The molecule has 0 amide bonds. The Morgan fingerprint density at radius 1 is 1.25 bits per heavy atom. The van der Waals surface area contributed by atoms with Crippen LogP contribution >= 0.6 is 0 Å². The molecule has 0 aromatic heterocycles. The van der Waals surface area contributed by atoms with Crippen LogP contribution in [0.2, 0.25) is 0 Å². The van der Waals surface area contributed by atoms with Gasteiger partial charge in [-0.05, 0) is 19.5 Å². The molecule has 2 unspecified atom stereocenters. The molecule has 2 heteroatoms. The van der Waals surface area contributed by atoms with Crippen LogP contribution in [0.25, 0.3) is 0 Å². The molecule has 1 aromatic rings. The lowest BCUT2D eigenvalue weighted by Gasteiger charge is -2.18. The molecule has 12 heavy (non-hydrogen) atoms. The summed E-state index contributed by atoms with van der Waals surface area (Å²) in [6, 6.07) is 8.37. The molecule has 1 aromatic carbocycles. The first-order valence-electron chi connectivity index (χ1n) is 4.20. The molecular weight excluding hydrogens is 150 g/mol. The third kappa shape index (κ3) is 0.886. The molecule has 1 aliphatic heterocycles. The Bertz CT molecular complexity index is 269. The van der Waals surface area contributed by atoms with Gasteiger partial charge in [-0.25, -0.2) is 0 Å². The van der Waals surface area contributed by atoms with E-state index in [2.05, 4.69) is 13.0 Å². The SMILES string of the molecule is CC1c2ccccc2C(O)N1C. The van der Waals surface area contributed by atoms with Crippen LogP contribution in [0.1, 0.15) is 30.3 Å². The van der Waals surface area contributed by atoms with E-state index in [1.54, 1.807) is 0 Å². The highest BCUT2D eigenvalue weighted by atomic mass is 16.3. The predicted molar refractivity (Wildman–Crippen MR) is 47.6 cm³/mol. The molecular formula is C10H13NO. The fourth-order valence-electron chi connectivity index (χ4n) is 1.78. The van der Waals surface area contributed by atoms with Crippen LogP contribution in [0.15, 0.2) is 24.3 Å². The van der Waals surface area contributed by atoms with E-state index in [4.69, 9.17) is 0 Å². The lowest BCUT2D eigenvalue weighted by Crippen LogP contribution is -2.18. The van der Waals surface area contributed by atoms with Crippen LogP contribution in [-0.4, -0.2) is 17.1 Å². The quantitative estimate of drug-likeness (QED) is 0.629. The van der Waals surface area contributed by atoms with Gasteiger partial charge >= 0.3 is 0 Å². The Morgan fingerprint density at radius 2 is 1.83 bits per heavy atom. The molecule has 1 aliphatic rings. The third-order valence-corrected chi connectivity index (χ3v) is 2.72. The molecule has 0 saturated heterocycles. The largest absolute Gasteiger partial charge is 0.374 e. The van der Waals surface area contributed by atoms with Crippen molar-refractivity contribution in [2.75, 3.05) is 7.05 Å². The zero-order valence-corrected chi connectivity index (χ0v) is 7.36. The average Bonchev–Trinajstić information content (AvgIpc) is 2.33. The number of aliphatic hydroxyl groups is 1. The minimum absolute atomic E-state index is 0.330. The highest BCUT2D eigenvalue weighted by molar-refractivity contribution is 5.35. The molecule has 2 rings (SSSR count). The summed E-state index contributed by atoms with van der Waals surface area (Å²) in [6.07, 6.45) is -0.420. The van der Waals surface area contributed by atoms with E-state index in [0.717, 1.165) is 5.56 Å². The second-order valence-electron chi connectivity index (χ2n) is 3.34. The first-order chi connectivity index (χ1) is 5.72. The number of nitrogens with zero attached hydrogens (tertiary/aromatic N) is 1. The molecule has 0 bridgehead atoms. The van der Waals surface area contributed by atoms with Gasteiger partial charge in [-0.1, -0.05) is 24.3 Å². The number of rotatable bonds is 0. The summed E-state index contributed by atoms with van der Waals surface area (Å²) in [4.78, 5) is 1.96. The maximum atomic E-state index is 9.75. The molecule has 64 valence electrons. The first-order valence-corrected chi connectivity index (χ1v) is 4.20. The molecule has 0 aliphatic carbocycles. The van der Waals surface area contributed by atoms with E-state index >= 15 is 0 Å². The van der Waals surface area contributed by atoms with Gasteiger partial charge in [0.05, 0.1) is 0 Å². The van der Waals surface area contributed by atoms with Gasteiger partial charge in [0, 0.05) is 11.6 Å². The second kappa shape index (κ2) is 2.57.